The molecule has 21 heavy (non-hydrogen) atoms. The first-order valence-corrected chi connectivity index (χ1v) is 9.54. The van der Waals surface area contributed by atoms with Crippen molar-refractivity contribution < 1.29 is 17.4 Å². The highest BCUT2D eigenvalue weighted by Gasteiger charge is 2.25. The Hall–Kier alpha value is -0.450. The normalized spacial score (nSPS) is 20.7. The lowest BCUT2D eigenvalue weighted by atomic mass is 10.2. The van der Waals surface area contributed by atoms with E-state index < -0.39 is 10.1 Å². The lowest BCUT2D eigenvalue weighted by molar-refractivity contribution is 0.253. The predicted molar refractivity (Wildman–Crippen MR) is 89.0 cm³/mol. The maximum absolute atomic E-state index is 13.0. The van der Waals surface area contributed by atoms with E-state index in [9.17, 15) is 12.8 Å². The number of piperazine rings is 1. The highest BCUT2D eigenvalue weighted by Crippen LogP contribution is 2.24. The molecule has 1 saturated heterocycles. The molecule has 0 aromatic heterocycles. The summed E-state index contributed by atoms with van der Waals surface area (Å²) >= 11 is 2.34. The zero-order valence-corrected chi connectivity index (χ0v) is 14.4. The summed E-state index contributed by atoms with van der Waals surface area (Å²) in [5, 5.41) is 0. The van der Waals surface area contributed by atoms with E-state index in [4.69, 9.17) is 4.55 Å². The van der Waals surface area contributed by atoms with E-state index in [1.807, 2.05) is 0 Å². The quantitative estimate of drug-likeness (QED) is 0.337. The third-order valence-electron chi connectivity index (χ3n) is 3.44. The maximum Gasteiger partial charge on any atom is 0.264 e. The maximum atomic E-state index is 13.0. The number of anilines is 1. The third kappa shape index (κ3) is 5.35. The van der Waals surface area contributed by atoms with Crippen molar-refractivity contribution in [1.29, 1.82) is 0 Å². The van der Waals surface area contributed by atoms with Crippen LogP contribution in [0.5, 0.6) is 0 Å². The second-order valence-corrected chi connectivity index (χ2v) is 8.05. The minimum Gasteiger partial charge on any atom is -0.357 e. The number of hydrogen-bond donors (Lipinski definition) is 1. The van der Waals surface area contributed by atoms with E-state index in [0.717, 1.165) is 25.3 Å². The second kappa shape index (κ2) is 7.21. The van der Waals surface area contributed by atoms with Gasteiger partial charge in [-0.3, -0.25) is 9.45 Å². The molecule has 1 aromatic carbocycles. The molecule has 1 fully saturated rings. The van der Waals surface area contributed by atoms with Crippen molar-refractivity contribution in [1.82, 2.24) is 4.90 Å². The number of nitrogens with zero attached hydrogens (tertiary/aromatic N) is 2. The van der Waals surface area contributed by atoms with Crippen LogP contribution in [-0.4, -0.2) is 53.9 Å². The molecule has 1 aliphatic rings. The molecule has 8 heteroatoms. The van der Waals surface area contributed by atoms with Crippen molar-refractivity contribution in [2.75, 3.05) is 36.8 Å². The van der Waals surface area contributed by atoms with Crippen molar-refractivity contribution in [3.05, 3.63) is 30.1 Å². The lowest BCUT2D eigenvalue weighted by Gasteiger charge is -2.40. The molecule has 0 saturated carbocycles. The van der Waals surface area contributed by atoms with Gasteiger partial charge in [0.2, 0.25) is 0 Å². The topological polar surface area (TPSA) is 60.9 Å². The molecule has 1 heterocycles. The minimum atomic E-state index is -3.87. The first-order chi connectivity index (χ1) is 9.85. The predicted octanol–water partition coefficient (Wildman–Crippen LogP) is 1.99. The highest BCUT2D eigenvalue weighted by molar-refractivity contribution is 14.1. The van der Waals surface area contributed by atoms with Gasteiger partial charge in [0.25, 0.3) is 10.1 Å². The number of benzene rings is 1. The number of hydrogen-bond acceptors (Lipinski definition) is 4. The fourth-order valence-corrected chi connectivity index (χ4v) is 4.04. The summed E-state index contributed by atoms with van der Waals surface area (Å²) in [5.41, 5.74) is 0.994. The zero-order valence-electron chi connectivity index (χ0n) is 11.5. The molecule has 1 N–H and O–H groups in total. The van der Waals surface area contributed by atoms with Crippen LogP contribution in [0.2, 0.25) is 0 Å². The Bertz CT molecular complexity index is 567. The van der Waals surface area contributed by atoms with Crippen molar-refractivity contribution in [3.8, 4) is 0 Å². The van der Waals surface area contributed by atoms with Crippen molar-refractivity contribution in [2.45, 2.75) is 10.5 Å². The van der Waals surface area contributed by atoms with Crippen LogP contribution in [0, 0.1) is 5.82 Å². The van der Waals surface area contributed by atoms with Crippen LogP contribution >= 0.6 is 22.6 Å². The van der Waals surface area contributed by atoms with Crippen LogP contribution in [0.25, 0.3) is 0 Å². The molecule has 1 atom stereocenters. The highest BCUT2D eigenvalue weighted by atomic mass is 127. The van der Waals surface area contributed by atoms with E-state index in [0.29, 0.717) is 13.0 Å². The molecule has 118 valence electrons. The monoisotopic (exact) mass is 428 g/mol. The van der Waals surface area contributed by atoms with Gasteiger partial charge >= 0.3 is 0 Å². The summed E-state index contributed by atoms with van der Waals surface area (Å²) in [6.45, 7) is 3.09. The number of rotatable bonds is 5. The summed E-state index contributed by atoms with van der Waals surface area (Å²) in [4.78, 5) is 4.39. The molecular formula is C13H18FIN2O3S. The molecule has 1 aliphatic heterocycles. The SMILES string of the molecule is O=S(=O)(O)CCCN1CCN(c2ccc(F)cc2)C(I)C1. The first kappa shape index (κ1) is 16.9. The van der Waals surface area contributed by atoms with E-state index in [1.165, 1.54) is 12.1 Å². The van der Waals surface area contributed by atoms with Crippen LogP contribution in [-0.2, 0) is 10.1 Å². The van der Waals surface area contributed by atoms with Crippen molar-refractivity contribution in [3.63, 3.8) is 0 Å². The summed E-state index contributed by atoms with van der Waals surface area (Å²) in [6.07, 6.45) is 0.429. The Kier molecular flexibility index (Phi) is 5.81. The largest absolute Gasteiger partial charge is 0.357 e. The fraction of sp³-hybridized carbons (Fsp3) is 0.538. The van der Waals surface area contributed by atoms with Crippen LogP contribution in [0.3, 0.4) is 0 Å². The van der Waals surface area contributed by atoms with Gasteiger partial charge in [0.1, 0.15) is 5.82 Å². The van der Waals surface area contributed by atoms with Crippen LogP contribution in [0.1, 0.15) is 6.42 Å². The molecule has 0 spiro atoms. The van der Waals surface area contributed by atoms with Gasteiger partial charge in [0.15, 0.2) is 0 Å². The molecule has 1 aromatic rings. The summed E-state index contributed by atoms with van der Waals surface area (Å²) < 4.78 is 43.3. The number of alkyl halides is 1. The molecular weight excluding hydrogens is 410 g/mol. The average Bonchev–Trinajstić information content (AvgIpc) is 2.39. The smallest absolute Gasteiger partial charge is 0.264 e. The number of halogens is 2. The van der Waals surface area contributed by atoms with Gasteiger partial charge in [-0.25, -0.2) is 4.39 Å². The van der Waals surface area contributed by atoms with Crippen molar-refractivity contribution >= 4 is 38.4 Å². The lowest BCUT2D eigenvalue weighted by Crippen LogP contribution is -2.51. The average molecular weight is 428 g/mol. The van der Waals surface area contributed by atoms with Crippen LogP contribution < -0.4 is 4.90 Å². The first-order valence-electron chi connectivity index (χ1n) is 6.69. The minimum absolute atomic E-state index is 0.197. The summed E-state index contributed by atoms with van der Waals surface area (Å²) in [7, 11) is -3.87. The van der Waals surface area contributed by atoms with E-state index in [2.05, 4.69) is 32.4 Å². The third-order valence-corrected chi connectivity index (χ3v) is 5.31. The van der Waals surface area contributed by atoms with Crippen LogP contribution in [0.15, 0.2) is 24.3 Å². The Morgan fingerprint density at radius 2 is 1.95 bits per heavy atom. The Morgan fingerprint density at radius 1 is 1.29 bits per heavy atom. The van der Waals surface area contributed by atoms with E-state index in [1.54, 1.807) is 12.1 Å². The fourth-order valence-electron chi connectivity index (χ4n) is 2.39. The molecule has 0 amide bonds. The van der Waals surface area contributed by atoms with Gasteiger partial charge in [-0.1, -0.05) is 22.6 Å². The van der Waals surface area contributed by atoms with Gasteiger partial charge < -0.3 is 4.90 Å². The Labute approximate surface area is 138 Å². The van der Waals surface area contributed by atoms with Gasteiger partial charge in [0, 0.05) is 25.3 Å². The van der Waals surface area contributed by atoms with Crippen molar-refractivity contribution in [2.24, 2.45) is 0 Å². The summed E-state index contributed by atoms with van der Waals surface area (Å²) in [6, 6.07) is 6.46. The molecule has 1 unspecified atom stereocenters. The van der Waals surface area contributed by atoms with Gasteiger partial charge in [-0.15, -0.1) is 0 Å². The Balaban J connectivity index is 1.86. The second-order valence-electron chi connectivity index (χ2n) is 5.04. The van der Waals surface area contributed by atoms with E-state index >= 15 is 0 Å². The molecule has 0 bridgehead atoms. The molecule has 5 nitrogen and oxygen atoms in total. The molecule has 0 aliphatic carbocycles. The molecule has 0 radical (unpaired) electrons. The van der Waals surface area contributed by atoms with Crippen LogP contribution in [0.4, 0.5) is 10.1 Å². The summed E-state index contributed by atoms with van der Waals surface area (Å²) in [5.74, 6) is -0.440. The zero-order chi connectivity index (χ0) is 15.5. The standard InChI is InChI=1S/C13H18FIN2O3S/c14-11-2-4-12(5-3-11)17-8-7-16(10-13(17)15)6-1-9-21(18,19)20/h2-5,13H,1,6-10H2,(H,18,19,20). The van der Waals surface area contributed by atoms with E-state index in [-0.39, 0.29) is 15.6 Å². The van der Waals surface area contributed by atoms with Gasteiger partial charge in [-0.05, 0) is 37.2 Å². The van der Waals surface area contributed by atoms with Gasteiger partial charge in [-0.2, -0.15) is 8.42 Å². The van der Waals surface area contributed by atoms with Gasteiger partial charge in [0.05, 0.1) is 9.80 Å². The molecule has 2 rings (SSSR count). The Morgan fingerprint density at radius 3 is 2.52 bits per heavy atom.